The van der Waals surface area contributed by atoms with Crippen LogP contribution in [0.25, 0.3) is 0 Å². The molecule has 0 aromatic heterocycles. The summed E-state index contributed by atoms with van der Waals surface area (Å²) in [4.78, 5) is 40.8. The van der Waals surface area contributed by atoms with Crippen LogP contribution >= 0.6 is 0 Å². The summed E-state index contributed by atoms with van der Waals surface area (Å²) in [6.45, 7) is 3.81. The van der Waals surface area contributed by atoms with Gasteiger partial charge in [-0.3, -0.25) is 0 Å². The summed E-state index contributed by atoms with van der Waals surface area (Å²) in [5, 5.41) is 0. The Morgan fingerprint density at radius 2 is 1.00 bits per heavy atom. The Morgan fingerprint density at radius 1 is 0.643 bits per heavy atom. The molecule has 2 aliphatic carbocycles. The van der Waals surface area contributed by atoms with E-state index in [0.29, 0.717) is 10.3 Å². The molecule has 0 bridgehead atoms. The predicted molar refractivity (Wildman–Crippen MR) is 143 cm³/mol. The number of hydrogen-bond acceptors (Lipinski definition) is 6. The van der Waals surface area contributed by atoms with Crippen molar-refractivity contribution in [2.75, 3.05) is 0 Å². The molecule has 0 N–H and O–H groups in total. The number of hydrogen-bond donors (Lipinski definition) is 0. The first-order valence-corrected chi connectivity index (χ1v) is 16.2. The molecule has 0 aliphatic heterocycles. The molecule has 10 heteroatoms. The number of rotatable bonds is 7. The van der Waals surface area contributed by atoms with Crippen LogP contribution in [0.15, 0.2) is 93.4 Å². The van der Waals surface area contributed by atoms with E-state index < -0.39 is 53.1 Å². The Hall–Kier alpha value is -3.95. The van der Waals surface area contributed by atoms with Crippen LogP contribution in [-0.4, -0.2) is 17.9 Å². The van der Waals surface area contributed by atoms with Crippen LogP contribution in [0, 0.1) is 23.4 Å². The molecule has 6 nitrogen and oxygen atoms in total. The minimum absolute atomic E-state index is 0.0517. The zero-order valence-electron chi connectivity index (χ0n) is 22.9. The van der Waals surface area contributed by atoms with Crippen molar-refractivity contribution in [3.63, 3.8) is 0 Å². The number of benzene rings is 3. The molecular formula is C32H27F3O6Ti. The minimum atomic E-state index is -5.61. The van der Waals surface area contributed by atoms with E-state index in [1.807, 2.05) is 13.8 Å². The molecule has 3 aromatic rings. The molecule has 42 heavy (non-hydrogen) atoms. The molecule has 3 aromatic carbocycles. The van der Waals surface area contributed by atoms with E-state index >= 15 is 0 Å². The standard InChI is InChI=1S/C11H15.3C7H5FO2.Ti/c1-8-7-10-5-3-4-6-11(10)9(8)2;3*8-6-3-1-5(2-4-6)7(9)10;/h9H,3-6H2,1-2H3;3*1-4H,(H,9,10);/q;;;;+3/p-3. The molecule has 0 radical (unpaired) electrons. The molecule has 1 unspecified atom stereocenters. The second-order valence-electron chi connectivity index (χ2n) is 10.2. The fourth-order valence-electron chi connectivity index (χ4n) is 5.35. The summed E-state index contributed by atoms with van der Waals surface area (Å²) in [5.41, 5.74) is 2.51. The first-order valence-electron chi connectivity index (χ1n) is 13.5. The SMILES string of the molecule is CC1=[C]([Ti]([O]C(=O)c2ccc(F)cc2)([O]C(=O)c2ccc(F)cc2)[O]C(=O)c2ccc(F)cc2)C2=C(CCCC2)C1C. The monoisotopic (exact) mass is 612 g/mol. The van der Waals surface area contributed by atoms with Crippen molar-refractivity contribution in [3.05, 3.63) is 128 Å². The average molecular weight is 612 g/mol. The van der Waals surface area contributed by atoms with Gasteiger partial charge in [0, 0.05) is 0 Å². The molecule has 1 atom stereocenters. The second-order valence-corrected chi connectivity index (χ2v) is 13.7. The Balaban J connectivity index is 1.67. The van der Waals surface area contributed by atoms with Crippen molar-refractivity contribution >= 4 is 17.9 Å². The van der Waals surface area contributed by atoms with E-state index in [9.17, 15) is 27.6 Å². The molecule has 0 saturated heterocycles. The predicted octanol–water partition coefficient (Wildman–Crippen LogP) is 7.67. The van der Waals surface area contributed by atoms with Gasteiger partial charge in [0.2, 0.25) is 0 Å². The molecule has 5 rings (SSSR count). The van der Waals surface area contributed by atoms with Gasteiger partial charge in [0.05, 0.1) is 0 Å². The van der Waals surface area contributed by atoms with Crippen LogP contribution in [0.5, 0.6) is 0 Å². The Labute approximate surface area is 245 Å². The molecular weight excluding hydrogens is 585 g/mol. The Morgan fingerprint density at radius 3 is 1.38 bits per heavy atom. The van der Waals surface area contributed by atoms with Crippen molar-refractivity contribution in [2.24, 2.45) is 5.92 Å². The zero-order valence-corrected chi connectivity index (χ0v) is 24.5. The Bertz CT molecular complexity index is 1450. The van der Waals surface area contributed by atoms with Gasteiger partial charge in [-0.15, -0.1) is 0 Å². The fourth-order valence-corrected chi connectivity index (χ4v) is 9.83. The zero-order chi connectivity index (χ0) is 30.0. The van der Waals surface area contributed by atoms with Crippen LogP contribution in [0.1, 0.15) is 70.6 Å². The topological polar surface area (TPSA) is 78.9 Å². The molecule has 0 amide bonds. The average Bonchev–Trinajstić information content (AvgIpc) is 3.23. The van der Waals surface area contributed by atoms with Gasteiger partial charge >= 0.3 is 246 Å². The van der Waals surface area contributed by atoms with Gasteiger partial charge in [-0.1, -0.05) is 0 Å². The van der Waals surface area contributed by atoms with Crippen molar-refractivity contribution in [2.45, 2.75) is 39.5 Å². The van der Waals surface area contributed by atoms with Crippen molar-refractivity contribution in [1.82, 2.24) is 0 Å². The van der Waals surface area contributed by atoms with Crippen LogP contribution in [0.4, 0.5) is 13.2 Å². The molecule has 216 valence electrons. The van der Waals surface area contributed by atoms with Crippen LogP contribution in [-0.2, 0) is 27.7 Å². The summed E-state index contributed by atoms with van der Waals surface area (Å²) < 4.78 is 59.5. The number of carbonyl (C=O) groups excluding carboxylic acids is 3. The van der Waals surface area contributed by atoms with Gasteiger partial charge in [-0.25, -0.2) is 0 Å². The Kier molecular flexibility index (Phi) is 8.52. The first kappa shape index (κ1) is 29.5. The summed E-state index contributed by atoms with van der Waals surface area (Å²) in [6.07, 6.45) is 3.14. The van der Waals surface area contributed by atoms with Gasteiger partial charge in [0.25, 0.3) is 0 Å². The quantitative estimate of drug-likeness (QED) is 0.255. The van der Waals surface area contributed by atoms with Gasteiger partial charge in [-0.2, -0.15) is 0 Å². The maximum atomic E-state index is 13.6. The maximum absolute atomic E-state index is 13.6. The van der Waals surface area contributed by atoms with Crippen LogP contribution in [0.2, 0.25) is 0 Å². The number of allylic oxidation sites excluding steroid dienone is 4. The van der Waals surface area contributed by atoms with Crippen LogP contribution < -0.4 is 0 Å². The number of halogens is 3. The molecule has 0 spiro atoms. The first-order chi connectivity index (χ1) is 20.1. The molecule has 0 saturated carbocycles. The summed E-state index contributed by atoms with van der Waals surface area (Å²) in [5.74, 6) is -4.76. The van der Waals surface area contributed by atoms with Gasteiger partial charge < -0.3 is 0 Å². The van der Waals surface area contributed by atoms with E-state index in [0.717, 1.165) is 72.4 Å². The third-order valence-corrected chi connectivity index (χ3v) is 11.8. The summed E-state index contributed by atoms with van der Waals surface area (Å²) in [7, 11) is 0. The van der Waals surface area contributed by atoms with Crippen LogP contribution in [0.3, 0.4) is 0 Å². The van der Waals surface area contributed by atoms with Crippen molar-refractivity contribution in [3.8, 4) is 0 Å². The normalized spacial score (nSPS) is 16.6. The van der Waals surface area contributed by atoms with Crippen molar-refractivity contribution in [1.29, 1.82) is 0 Å². The van der Waals surface area contributed by atoms with E-state index in [-0.39, 0.29) is 22.6 Å². The molecule has 2 aliphatic rings. The van der Waals surface area contributed by atoms with E-state index in [2.05, 4.69) is 0 Å². The van der Waals surface area contributed by atoms with Gasteiger partial charge in [0.15, 0.2) is 0 Å². The second kappa shape index (κ2) is 12.1. The molecule has 0 heterocycles. The van der Waals surface area contributed by atoms with Crippen molar-refractivity contribution < 1.29 is 55.3 Å². The molecule has 0 fully saturated rings. The summed E-state index contributed by atoms with van der Waals surface area (Å²) in [6, 6.07) is 13.7. The van der Waals surface area contributed by atoms with E-state index in [1.165, 1.54) is 36.4 Å². The van der Waals surface area contributed by atoms with E-state index in [4.69, 9.17) is 9.96 Å². The van der Waals surface area contributed by atoms with Gasteiger partial charge in [-0.05, 0) is 0 Å². The fraction of sp³-hybridized carbons (Fsp3) is 0.219. The number of carbonyl (C=O) groups is 3. The summed E-state index contributed by atoms with van der Waals surface area (Å²) >= 11 is -5.61. The third kappa shape index (κ3) is 5.98. The third-order valence-electron chi connectivity index (χ3n) is 7.61. The van der Waals surface area contributed by atoms with Gasteiger partial charge in [0.1, 0.15) is 0 Å². The van der Waals surface area contributed by atoms with E-state index in [1.54, 1.807) is 0 Å².